The maximum Gasteiger partial charge on any atom is 0.274 e. The van der Waals surface area contributed by atoms with Gasteiger partial charge in [-0.25, -0.2) is 0 Å². The third kappa shape index (κ3) is 2.79. The summed E-state index contributed by atoms with van der Waals surface area (Å²) in [5, 5.41) is 14.3. The summed E-state index contributed by atoms with van der Waals surface area (Å²) < 4.78 is 1.73. The number of carbonyl (C=O) groups excluding carboxylic acids is 2. The average Bonchev–Trinajstić information content (AvgIpc) is 3.37. The lowest BCUT2D eigenvalue weighted by molar-refractivity contribution is -0.124. The Bertz CT molecular complexity index is 839. The highest BCUT2D eigenvalue weighted by molar-refractivity contribution is 5.95. The Morgan fingerprint density at radius 1 is 1.27 bits per heavy atom. The molecule has 1 aliphatic heterocycles. The molecule has 8 heteroatoms. The lowest BCUT2D eigenvalue weighted by Gasteiger charge is -2.17. The number of rotatable bonds is 3. The molecule has 1 aliphatic carbocycles. The summed E-state index contributed by atoms with van der Waals surface area (Å²) in [7, 11) is 3.49. The summed E-state index contributed by atoms with van der Waals surface area (Å²) in [6.45, 7) is 0.907. The number of nitrogens with zero attached hydrogens (tertiary/aromatic N) is 4. The van der Waals surface area contributed by atoms with Gasteiger partial charge in [0.25, 0.3) is 5.91 Å². The highest BCUT2D eigenvalue weighted by Gasteiger charge is 2.41. The second-order valence-corrected chi connectivity index (χ2v) is 7.22. The van der Waals surface area contributed by atoms with Crippen LogP contribution in [0, 0.1) is 5.92 Å². The molecule has 0 aromatic carbocycles. The summed E-state index contributed by atoms with van der Waals surface area (Å²) in [5.74, 6) is -0.451. The van der Waals surface area contributed by atoms with Gasteiger partial charge in [0, 0.05) is 50.6 Å². The van der Waals surface area contributed by atoms with Gasteiger partial charge in [0.05, 0.1) is 12.1 Å². The summed E-state index contributed by atoms with van der Waals surface area (Å²) in [4.78, 5) is 27.3. The summed E-state index contributed by atoms with van der Waals surface area (Å²) >= 11 is 0. The van der Waals surface area contributed by atoms with Gasteiger partial charge in [-0.2, -0.15) is 10.2 Å². The molecule has 2 aromatic rings. The molecule has 0 saturated carbocycles. The van der Waals surface area contributed by atoms with Crippen LogP contribution in [-0.4, -0.2) is 56.8 Å². The van der Waals surface area contributed by atoms with Crippen LogP contribution in [0.15, 0.2) is 12.4 Å². The van der Waals surface area contributed by atoms with Crippen LogP contribution >= 0.6 is 0 Å². The molecule has 0 spiro atoms. The van der Waals surface area contributed by atoms with E-state index in [2.05, 4.69) is 20.6 Å². The van der Waals surface area contributed by atoms with Gasteiger partial charge in [0.2, 0.25) is 5.91 Å². The van der Waals surface area contributed by atoms with Crippen LogP contribution in [0.4, 0.5) is 0 Å². The second-order valence-electron chi connectivity index (χ2n) is 7.22. The van der Waals surface area contributed by atoms with Gasteiger partial charge in [0.15, 0.2) is 5.69 Å². The van der Waals surface area contributed by atoms with Crippen molar-refractivity contribution >= 4 is 11.8 Å². The Hall–Kier alpha value is -2.64. The van der Waals surface area contributed by atoms with Crippen LogP contribution in [0.25, 0.3) is 0 Å². The van der Waals surface area contributed by atoms with E-state index in [1.54, 1.807) is 22.8 Å². The van der Waals surface area contributed by atoms with Gasteiger partial charge >= 0.3 is 0 Å². The number of amides is 2. The SMILES string of the molecule is CNC(=O)[C@H]1CN(C(=O)c2n[nH]c3c2CCCC3)C[C@@H]1c1cnn(C)c1. The molecule has 0 radical (unpaired) electrons. The fraction of sp³-hybridized carbons (Fsp3) is 0.556. The van der Waals surface area contributed by atoms with Crippen LogP contribution in [0.1, 0.15) is 46.1 Å². The van der Waals surface area contributed by atoms with Crippen molar-refractivity contribution < 1.29 is 9.59 Å². The normalized spacial score (nSPS) is 22.3. The molecule has 8 nitrogen and oxygen atoms in total. The number of likely N-dealkylation sites (tertiary alicyclic amines) is 1. The maximum atomic E-state index is 13.1. The van der Waals surface area contributed by atoms with E-state index in [1.807, 2.05) is 13.2 Å². The predicted octanol–water partition coefficient (Wildman–Crippen LogP) is 0.624. The standard InChI is InChI=1S/C18H24N6O2/c1-19-17(25)14-10-24(9-13(14)11-7-20-23(2)8-11)18(26)16-12-5-3-4-6-15(12)21-22-16/h7-8,13-14H,3-6,9-10H2,1-2H3,(H,19,25)(H,21,22)/t13-,14+/m1/s1. The van der Waals surface area contributed by atoms with Gasteiger partial charge in [-0.3, -0.25) is 19.4 Å². The van der Waals surface area contributed by atoms with Crippen molar-refractivity contribution in [2.45, 2.75) is 31.6 Å². The molecule has 1 fully saturated rings. The molecule has 0 bridgehead atoms. The molecule has 2 atom stereocenters. The molecule has 4 rings (SSSR count). The van der Waals surface area contributed by atoms with E-state index < -0.39 is 0 Å². The highest BCUT2D eigenvalue weighted by atomic mass is 16.2. The van der Waals surface area contributed by atoms with Crippen molar-refractivity contribution in [3.63, 3.8) is 0 Å². The van der Waals surface area contributed by atoms with Crippen molar-refractivity contribution in [3.8, 4) is 0 Å². The van der Waals surface area contributed by atoms with Crippen LogP contribution in [0.5, 0.6) is 0 Å². The van der Waals surface area contributed by atoms with E-state index in [1.165, 1.54) is 0 Å². The van der Waals surface area contributed by atoms with Crippen molar-refractivity contribution in [2.24, 2.45) is 13.0 Å². The Balaban J connectivity index is 1.60. The number of fused-ring (bicyclic) bond motifs is 1. The number of nitrogens with one attached hydrogen (secondary N) is 2. The zero-order valence-corrected chi connectivity index (χ0v) is 15.2. The fourth-order valence-electron chi connectivity index (χ4n) is 4.20. The van der Waals surface area contributed by atoms with Gasteiger partial charge in [0.1, 0.15) is 0 Å². The van der Waals surface area contributed by atoms with E-state index in [-0.39, 0.29) is 23.7 Å². The molecule has 0 unspecified atom stereocenters. The van der Waals surface area contributed by atoms with Crippen LogP contribution in [-0.2, 0) is 24.7 Å². The topological polar surface area (TPSA) is 95.9 Å². The zero-order chi connectivity index (χ0) is 18.3. The number of H-pyrrole nitrogens is 1. The number of aryl methyl sites for hydroxylation is 2. The molecule has 138 valence electrons. The lowest BCUT2D eigenvalue weighted by atomic mass is 9.90. The lowest BCUT2D eigenvalue weighted by Crippen LogP contribution is -2.34. The van der Waals surface area contributed by atoms with Gasteiger partial charge in [-0.05, 0) is 31.2 Å². The first-order valence-corrected chi connectivity index (χ1v) is 9.14. The third-order valence-corrected chi connectivity index (χ3v) is 5.60. The monoisotopic (exact) mass is 356 g/mol. The average molecular weight is 356 g/mol. The summed E-state index contributed by atoms with van der Waals surface area (Å²) in [5.41, 5.74) is 3.66. The van der Waals surface area contributed by atoms with Gasteiger partial charge < -0.3 is 10.2 Å². The fourth-order valence-corrected chi connectivity index (χ4v) is 4.20. The van der Waals surface area contributed by atoms with Crippen molar-refractivity contribution in [1.82, 2.24) is 30.2 Å². The van der Waals surface area contributed by atoms with Crippen molar-refractivity contribution in [2.75, 3.05) is 20.1 Å². The first kappa shape index (κ1) is 16.8. The Kier molecular flexibility index (Phi) is 4.26. The smallest absolute Gasteiger partial charge is 0.274 e. The minimum Gasteiger partial charge on any atom is -0.359 e. The number of hydrogen-bond donors (Lipinski definition) is 2. The third-order valence-electron chi connectivity index (χ3n) is 5.60. The number of hydrogen-bond acceptors (Lipinski definition) is 4. The molecular formula is C18H24N6O2. The first-order chi connectivity index (χ1) is 12.6. The quantitative estimate of drug-likeness (QED) is 0.843. The van der Waals surface area contributed by atoms with Crippen LogP contribution < -0.4 is 5.32 Å². The van der Waals surface area contributed by atoms with Gasteiger partial charge in [-0.1, -0.05) is 0 Å². The Labute approximate surface area is 151 Å². The number of carbonyl (C=O) groups is 2. The number of aromatic amines is 1. The molecule has 2 amide bonds. The first-order valence-electron chi connectivity index (χ1n) is 9.14. The van der Waals surface area contributed by atoms with Crippen LogP contribution in [0.2, 0.25) is 0 Å². The molecule has 26 heavy (non-hydrogen) atoms. The minimum absolute atomic E-state index is 0.0433. The second kappa shape index (κ2) is 6.59. The minimum atomic E-state index is -0.275. The maximum absolute atomic E-state index is 13.1. The predicted molar refractivity (Wildman–Crippen MR) is 94.6 cm³/mol. The van der Waals surface area contributed by atoms with E-state index >= 15 is 0 Å². The molecular weight excluding hydrogens is 332 g/mol. The molecule has 2 N–H and O–H groups in total. The zero-order valence-electron chi connectivity index (χ0n) is 15.2. The summed E-state index contributed by atoms with van der Waals surface area (Å²) in [6, 6.07) is 0. The largest absolute Gasteiger partial charge is 0.359 e. The van der Waals surface area contributed by atoms with Crippen molar-refractivity contribution in [3.05, 3.63) is 34.9 Å². The van der Waals surface area contributed by atoms with E-state index in [9.17, 15) is 9.59 Å². The van der Waals surface area contributed by atoms with Crippen molar-refractivity contribution in [1.29, 1.82) is 0 Å². The molecule has 2 aromatic heterocycles. The molecule has 1 saturated heterocycles. The summed E-state index contributed by atoms with van der Waals surface area (Å²) in [6.07, 6.45) is 7.77. The molecule has 3 heterocycles. The van der Waals surface area contributed by atoms with Crippen LogP contribution in [0.3, 0.4) is 0 Å². The van der Waals surface area contributed by atoms with Gasteiger partial charge in [-0.15, -0.1) is 0 Å². The Morgan fingerprint density at radius 3 is 2.81 bits per heavy atom. The highest BCUT2D eigenvalue weighted by Crippen LogP contribution is 2.34. The molecule has 2 aliphatic rings. The number of aromatic nitrogens is 4. The van der Waals surface area contributed by atoms with E-state index in [0.29, 0.717) is 18.8 Å². The Morgan fingerprint density at radius 2 is 2.08 bits per heavy atom. The van der Waals surface area contributed by atoms with E-state index in [4.69, 9.17) is 0 Å². The van der Waals surface area contributed by atoms with E-state index in [0.717, 1.165) is 42.5 Å².